The van der Waals surface area contributed by atoms with Gasteiger partial charge in [-0.05, 0) is 49.0 Å². The van der Waals surface area contributed by atoms with Crippen LogP contribution < -0.4 is 5.32 Å². The van der Waals surface area contributed by atoms with Crippen molar-refractivity contribution < 1.29 is 9.21 Å². The van der Waals surface area contributed by atoms with Gasteiger partial charge in [0, 0.05) is 36.9 Å². The van der Waals surface area contributed by atoms with Gasteiger partial charge in [0.2, 0.25) is 0 Å². The van der Waals surface area contributed by atoms with Crippen molar-refractivity contribution in [1.29, 1.82) is 0 Å². The van der Waals surface area contributed by atoms with Gasteiger partial charge in [-0.15, -0.1) is 0 Å². The molecule has 126 valence electrons. The van der Waals surface area contributed by atoms with Crippen LogP contribution in [0.1, 0.15) is 16.1 Å². The number of furan rings is 1. The van der Waals surface area contributed by atoms with Crippen LogP contribution in [0.25, 0.3) is 0 Å². The Hall–Kier alpha value is -2.05. The zero-order valence-electron chi connectivity index (χ0n) is 13.3. The summed E-state index contributed by atoms with van der Waals surface area (Å²) in [4.78, 5) is 16.1. The molecular weight excluding hydrogens is 346 g/mol. The third-order valence-electron chi connectivity index (χ3n) is 4.03. The summed E-state index contributed by atoms with van der Waals surface area (Å²) in [5.74, 6) is 0.294. The number of carbonyl (C=O) groups excluding carboxylic acids is 1. The SMILES string of the molecule is Cc1ccc(Cl)cc1NC(=S)N1CCN(C(=O)c2ccco2)CC1. The first-order chi connectivity index (χ1) is 11.5. The van der Waals surface area contributed by atoms with Crippen molar-refractivity contribution in [3.63, 3.8) is 0 Å². The zero-order valence-corrected chi connectivity index (χ0v) is 14.9. The van der Waals surface area contributed by atoms with Crippen molar-refractivity contribution in [3.8, 4) is 0 Å². The summed E-state index contributed by atoms with van der Waals surface area (Å²) < 4.78 is 5.17. The second-order valence-electron chi connectivity index (χ2n) is 5.65. The number of halogens is 1. The lowest BCUT2D eigenvalue weighted by Gasteiger charge is -2.36. The summed E-state index contributed by atoms with van der Waals surface area (Å²) in [6.07, 6.45) is 1.51. The van der Waals surface area contributed by atoms with E-state index in [1.165, 1.54) is 6.26 Å². The van der Waals surface area contributed by atoms with E-state index in [0.717, 1.165) is 11.3 Å². The van der Waals surface area contributed by atoms with Crippen LogP contribution in [-0.4, -0.2) is 47.0 Å². The van der Waals surface area contributed by atoms with E-state index in [4.69, 9.17) is 28.2 Å². The minimum Gasteiger partial charge on any atom is -0.459 e. The number of amides is 1. The minimum atomic E-state index is -0.0794. The van der Waals surface area contributed by atoms with E-state index in [9.17, 15) is 4.79 Å². The van der Waals surface area contributed by atoms with E-state index in [1.54, 1.807) is 17.0 Å². The van der Waals surface area contributed by atoms with Gasteiger partial charge >= 0.3 is 0 Å². The molecule has 2 aromatic rings. The molecule has 0 radical (unpaired) electrons. The number of anilines is 1. The molecule has 7 heteroatoms. The third-order valence-corrected chi connectivity index (χ3v) is 4.62. The van der Waals surface area contributed by atoms with Crippen LogP contribution in [0.5, 0.6) is 0 Å². The molecule has 0 atom stereocenters. The number of thiocarbonyl (C=S) groups is 1. The number of hydrogen-bond donors (Lipinski definition) is 1. The molecule has 1 aliphatic heterocycles. The molecule has 1 aromatic heterocycles. The fourth-order valence-electron chi connectivity index (χ4n) is 2.59. The molecule has 1 aliphatic rings. The monoisotopic (exact) mass is 363 g/mol. The number of carbonyl (C=O) groups is 1. The maximum atomic E-state index is 12.3. The van der Waals surface area contributed by atoms with E-state index in [-0.39, 0.29) is 5.91 Å². The molecular formula is C17H18ClN3O2S. The van der Waals surface area contributed by atoms with Crippen molar-refractivity contribution in [2.24, 2.45) is 0 Å². The molecule has 0 aliphatic carbocycles. The smallest absolute Gasteiger partial charge is 0.289 e. The van der Waals surface area contributed by atoms with Gasteiger partial charge in [0.05, 0.1) is 6.26 Å². The first-order valence-corrected chi connectivity index (χ1v) is 8.48. The summed E-state index contributed by atoms with van der Waals surface area (Å²) in [6, 6.07) is 9.07. The fourth-order valence-corrected chi connectivity index (χ4v) is 3.06. The predicted octanol–water partition coefficient (Wildman–Crippen LogP) is 3.40. The second-order valence-corrected chi connectivity index (χ2v) is 6.47. The molecule has 3 rings (SSSR count). The Morgan fingerprint density at radius 2 is 1.92 bits per heavy atom. The van der Waals surface area contributed by atoms with Crippen LogP contribution in [0.3, 0.4) is 0 Å². The number of nitrogens with zero attached hydrogens (tertiary/aromatic N) is 2. The normalized spacial score (nSPS) is 14.6. The Labute approximate surface area is 151 Å². The molecule has 0 unspecified atom stereocenters. The van der Waals surface area contributed by atoms with Gasteiger partial charge in [-0.25, -0.2) is 0 Å². The minimum absolute atomic E-state index is 0.0794. The maximum absolute atomic E-state index is 12.3. The topological polar surface area (TPSA) is 48.7 Å². The quantitative estimate of drug-likeness (QED) is 0.829. The Morgan fingerprint density at radius 3 is 2.58 bits per heavy atom. The number of benzene rings is 1. The number of aryl methyl sites for hydroxylation is 1. The molecule has 1 N–H and O–H groups in total. The summed E-state index contributed by atoms with van der Waals surface area (Å²) in [5.41, 5.74) is 1.98. The Kier molecular flexibility index (Phi) is 5.06. The van der Waals surface area contributed by atoms with Crippen LogP contribution in [0.15, 0.2) is 41.0 Å². The van der Waals surface area contributed by atoms with E-state index in [2.05, 4.69) is 10.2 Å². The Bertz CT molecular complexity index is 740. The van der Waals surface area contributed by atoms with Crippen LogP contribution in [-0.2, 0) is 0 Å². The van der Waals surface area contributed by atoms with Crippen LogP contribution in [0, 0.1) is 6.92 Å². The van der Waals surface area contributed by atoms with Gasteiger partial charge in [-0.3, -0.25) is 4.79 Å². The van der Waals surface area contributed by atoms with E-state index >= 15 is 0 Å². The molecule has 1 aromatic carbocycles. The van der Waals surface area contributed by atoms with Gasteiger partial charge in [-0.2, -0.15) is 0 Å². The lowest BCUT2D eigenvalue weighted by Crippen LogP contribution is -2.51. The molecule has 1 saturated heterocycles. The number of nitrogens with one attached hydrogen (secondary N) is 1. The first kappa shape index (κ1) is 16.8. The van der Waals surface area contributed by atoms with Gasteiger partial charge in [0.25, 0.3) is 5.91 Å². The van der Waals surface area contributed by atoms with Crippen molar-refractivity contribution in [3.05, 3.63) is 52.9 Å². The first-order valence-electron chi connectivity index (χ1n) is 7.69. The molecule has 5 nitrogen and oxygen atoms in total. The summed E-state index contributed by atoms with van der Waals surface area (Å²) in [5, 5.41) is 4.55. The average Bonchev–Trinajstić information content (AvgIpc) is 3.12. The van der Waals surface area contributed by atoms with Crippen molar-refractivity contribution in [2.75, 3.05) is 31.5 Å². The predicted molar refractivity (Wildman–Crippen MR) is 98.6 cm³/mol. The van der Waals surface area contributed by atoms with Gasteiger partial charge < -0.3 is 19.5 Å². The summed E-state index contributed by atoms with van der Waals surface area (Å²) in [6.45, 7) is 4.57. The standard InChI is InChI=1S/C17H18ClN3O2S/c1-12-4-5-13(18)11-14(12)19-17(24)21-8-6-20(7-9-21)16(22)15-3-2-10-23-15/h2-5,10-11H,6-9H2,1H3,(H,19,24). The van der Waals surface area contributed by atoms with Crippen molar-refractivity contribution >= 4 is 40.5 Å². The third kappa shape index (κ3) is 3.71. The van der Waals surface area contributed by atoms with Gasteiger partial charge in [-0.1, -0.05) is 17.7 Å². The van der Waals surface area contributed by atoms with Crippen LogP contribution in [0.4, 0.5) is 5.69 Å². The molecule has 0 saturated carbocycles. The Balaban J connectivity index is 1.57. The Morgan fingerprint density at radius 1 is 1.21 bits per heavy atom. The molecule has 0 spiro atoms. The highest BCUT2D eigenvalue weighted by atomic mass is 35.5. The molecule has 1 amide bonds. The van der Waals surface area contributed by atoms with Crippen LogP contribution in [0.2, 0.25) is 5.02 Å². The van der Waals surface area contributed by atoms with Gasteiger partial charge in [0.1, 0.15) is 0 Å². The molecule has 24 heavy (non-hydrogen) atoms. The number of hydrogen-bond acceptors (Lipinski definition) is 3. The highest BCUT2D eigenvalue weighted by molar-refractivity contribution is 7.80. The lowest BCUT2D eigenvalue weighted by atomic mass is 10.2. The fraction of sp³-hybridized carbons (Fsp3) is 0.294. The largest absolute Gasteiger partial charge is 0.459 e. The number of rotatable bonds is 2. The van der Waals surface area contributed by atoms with E-state index < -0.39 is 0 Å². The van der Waals surface area contributed by atoms with E-state index in [1.807, 2.05) is 25.1 Å². The van der Waals surface area contributed by atoms with E-state index in [0.29, 0.717) is 42.1 Å². The van der Waals surface area contributed by atoms with Crippen molar-refractivity contribution in [2.45, 2.75) is 6.92 Å². The summed E-state index contributed by atoms with van der Waals surface area (Å²) in [7, 11) is 0. The average molecular weight is 364 g/mol. The maximum Gasteiger partial charge on any atom is 0.289 e. The molecule has 2 heterocycles. The van der Waals surface area contributed by atoms with Gasteiger partial charge in [0.15, 0.2) is 10.9 Å². The molecule has 0 bridgehead atoms. The zero-order chi connectivity index (χ0) is 17.1. The molecule has 1 fully saturated rings. The number of piperazine rings is 1. The lowest BCUT2D eigenvalue weighted by molar-refractivity contribution is 0.0661. The highest BCUT2D eigenvalue weighted by Crippen LogP contribution is 2.21. The summed E-state index contributed by atoms with van der Waals surface area (Å²) >= 11 is 11.5. The second kappa shape index (κ2) is 7.23. The van der Waals surface area contributed by atoms with Crippen molar-refractivity contribution in [1.82, 2.24) is 9.80 Å². The van der Waals surface area contributed by atoms with Crippen LogP contribution >= 0.6 is 23.8 Å². The highest BCUT2D eigenvalue weighted by Gasteiger charge is 2.24.